The number of methoxy groups -OCH3 is 3. The summed E-state index contributed by atoms with van der Waals surface area (Å²) in [6, 6.07) is 8.30. The number of alkyl halides is 3. The molecule has 0 heterocycles. The first-order valence-corrected chi connectivity index (χ1v) is 7.48. The predicted octanol–water partition coefficient (Wildman–Crippen LogP) is 4.21. The van der Waals surface area contributed by atoms with Crippen LogP contribution >= 0.6 is 0 Å². The van der Waals surface area contributed by atoms with Gasteiger partial charge in [-0.2, -0.15) is 18.4 Å². The number of anilines is 1. The first-order valence-electron chi connectivity index (χ1n) is 7.48. The first-order chi connectivity index (χ1) is 12.3. The minimum atomic E-state index is -4.54. The molecule has 0 aromatic heterocycles. The second-order valence-corrected chi connectivity index (χ2v) is 5.22. The zero-order valence-corrected chi connectivity index (χ0v) is 14.4. The molecular weight excluding hydrogens is 349 g/mol. The molecule has 0 fully saturated rings. The lowest BCUT2D eigenvalue weighted by Gasteiger charge is -2.18. The molecule has 0 aliphatic heterocycles. The maximum absolute atomic E-state index is 13.2. The van der Waals surface area contributed by atoms with Gasteiger partial charge in [-0.05, 0) is 30.3 Å². The molecule has 0 atom stereocenters. The zero-order chi connectivity index (χ0) is 19.3. The van der Waals surface area contributed by atoms with Gasteiger partial charge in [0.25, 0.3) is 0 Å². The van der Waals surface area contributed by atoms with Crippen LogP contribution in [0.25, 0.3) is 0 Å². The van der Waals surface area contributed by atoms with Crippen molar-refractivity contribution in [2.24, 2.45) is 0 Å². The van der Waals surface area contributed by atoms with Crippen molar-refractivity contribution in [2.75, 3.05) is 26.6 Å². The lowest BCUT2D eigenvalue weighted by Crippen LogP contribution is -2.11. The van der Waals surface area contributed by atoms with E-state index in [0.717, 1.165) is 18.2 Å². The molecule has 5 nitrogen and oxygen atoms in total. The monoisotopic (exact) mass is 366 g/mol. The van der Waals surface area contributed by atoms with Crippen molar-refractivity contribution < 1.29 is 27.4 Å². The van der Waals surface area contributed by atoms with E-state index in [1.807, 2.05) is 6.07 Å². The number of nitrogens with zero attached hydrogens (tertiary/aromatic N) is 1. The molecule has 0 spiro atoms. The second-order valence-electron chi connectivity index (χ2n) is 5.22. The maximum Gasteiger partial charge on any atom is 0.418 e. The third-order valence-corrected chi connectivity index (χ3v) is 3.71. The highest BCUT2D eigenvalue weighted by Gasteiger charge is 2.33. The second kappa shape index (κ2) is 7.87. The Morgan fingerprint density at radius 2 is 1.69 bits per heavy atom. The summed E-state index contributed by atoms with van der Waals surface area (Å²) < 4.78 is 55.3. The molecule has 0 unspecified atom stereocenters. The third kappa shape index (κ3) is 3.94. The number of benzene rings is 2. The molecule has 0 saturated carbocycles. The van der Waals surface area contributed by atoms with Crippen molar-refractivity contribution in [3.05, 3.63) is 47.0 Å². The van der Waals surface area contributed by atoms with Crippen LogP contribution in [-0.4, -0.2) is 21.3 Å². The number of nitrogens with one attached hydrogen (secondary N) is 1. The summed E-state index contributed by atoms with van der Waals surface area (Å²) in [4.78, 5) is 0. The number of hydrogen-bond acceptors (Lipinski definition) is 5. The van der Waals surface area contributed by atoms with Crippen LogP contribution in [0.2, 0.25) is 0 Å². The molecule has 26 heavy (non-hydrogen) atoms. The number of rotatable bonds is 6. The average Bonchev–Trinajstić information content (AvgIpc) is 2.64. The molecule has 138 valence electrons. The highest BCUT2D eigenvalue weighted by Crippen LogP contribution is 2.40. The van der Waals surface area contributed by atoms with Crippen LogP contribution in [0.15, 0.2) is 30.3 Å². The van der Waals surface area contributed by atoms with Gasteiger partial charge in [0.05, 0.1) is 38.5 Å². The predicted molar refractivity (Wildman–Crippen MR) is 89.6 cm³/mol. The molecule has 0 saturated heterocycles. The van der Waals surface area contributed by atoms with Gasteiger partial charge in [-0.15, -0.1) is 0 Å². The average molecular weight is 366 g/mol. The molecule has 0 amide bonds. The minimum absolute atomic E-state index is 0.0293. The van der Waals surface area contributed by atoms with E-state index in [1.165, 1.54) is 21.3 Å². The van der Waals surface area contributed by atoms with Crippen molar-refractivity contribution in [3.63, 3.8) is 0 Å². The van der Waals surface area contributed by atoms with Gasteiger partial charge in [0.1, 0.15) is 0 Å². The quantitative estimate of drug-likeness (QED) is 0.830. The fourth-order valence-electron chi connectivity index (χ4n) is 2.50. The van der Waals surface area contributed by atoms with Gasteiger partial charge in [-0.25, -0.2) is 0 Å². The van der Waals surface area contributed by atoms with Gasteiger partial charge in [-0.1, -0.05) is 0 Å². The van der Waals surface area contributed by atoms with Gasteiger partial charge in [-0.3, -0.25) is 0 Å². The normalized spacial score (nSPS) is 10.8. The van der Waals surface area contributed by atoms with E-state index in [2.05, 4.69) is 5.32 Å². The van der Waals surface area contributed by atoms with Crippen molar-refractivity contribution >= 4 is 5.69 Å². The summed E-state index contributed by atoms with van der Waals surface area (Å²) in [6.07, 6.45) is -4.54. The van der Waals surface area contributed by atoms with E-state index < -0.39 is 11.7 Å². The topological polar surface area (TPSA) is 63.5 Å². The van der Waals surface area contributed by atoms with Crippen molar-refractivity contribution in [1.82, 2.24) is 0 Å². The summed E-state index contributed by atoms with van der Waals surface area (Å²) in [5.41, 5.74) is -0.343. The number of nitriles is 1. The Kier molecular flexibility index (Phi) is 5.82. The number of halogens is 3. The fourth-order valence-corrected chi connectivity index (χ4v) is 2.50. The number of ether oxygens (including phenoxy) is 3. The summed E-state index contributed by atoms with van der Waals surface area (Å²) >= 11 is 0. The van der Waals surface area contributed by atoms with Crippen LogP contribution in [-0.2, 0) is 12.7 Å². The molecular formula is C18H17F3N2O3. The Balaban J connectivity index is 2.39. The molecule has 0 aliphatic rings. The smallest absolute Gasteiger partial charge is 0.418 e. The number of hydrogen-bond donors (Lipinski definition) is 1. The van der Waals surface area contributed by atoms with Gasteiger partial charge in [0.2, 0.25) is 5.75 Å². The summed E-state index contributed by atoms with van der Waals surface area (Å²) in [5.74, 6) is 1.14. The van der Waals surface area contributed by atoms with Crippen LogP contribution in [0.1, 0.15) is 16.7 Å². The Labute approximate surface area is 148 Å². The van der Waals surface area contributed by atoms with Crippen LogP contribution in [0.4, 0.5) is 18.9 Å². The van der Waals surface area contributed by atoms with E-state index >= 15 is 0 Å². The summed E-state index contributed by atoms with van der Waals surface area (Å²) in [5, 5.41) is 11.7. The van der Waals surface area contributed by atoms with E-state index in [-0.39, 0.29) is 17.8 Å². The van der Waals surface area contributed by atoms with E-state index in [9.17, 15) is 13.2 Å². The van der Waals surface area contributed by atoms with Gasteiger partial charge < -0.3 is 19.5 Å². The Morgan fingerprint density at radius 1 is 1.00 bits per heavy atom. The lowest BCUT2D eigenvalue weighted by molar-refractivity contribution is -0.137. The standard InChI is InChI=1S/C18H17F3N2O3/c1-24-15-7-5-12(16(25-2)17(15)26-3)10-23-14-8-11(9-22)4-6-13(14)18(19,20)21/h4-8,23H,10H2,1-3H3. The van der Waals surface area contributed by atoms with E-state index in [1.54, 1.807) is 12.1 Å². The third-order valence-electron chi connectivity index (χ3n) is 3.71. The van der Waals surface area contributed by atoms with Crippen LogP contribution in [0.5, 0.6) is 17.2 Å². The molecule has 2 rings (SSSR count). The van der Waals surface area contributed by atoms with Crippen molar-refractivity contribution in [2.45, 2.75) is 12.7 Å². The SMILES string of the molecule is COc1ccc(CNc2cc(C#N)ccc2C(F)(F)F)c(OC)c1OC. The summed E-state index contributed by atoms with van der Waals surface area (Å²) in [6.45, 7) is 0.0293. The van der Waals surface area contributed by atoms with E-state index in [4.69, 9.17) is 19.5 Å². The van der Waals surface area contributed by atoms with Gasteiger partial charge in [0, 0.05) is 17.8 Å². The van der Waals surface area contributed by atoms with Gasteiger partial charge in [0.15, 0.2) is 11.5 Å². The highest BCUT2D eigenvalue weighted by molar-refractivity contribution is 5.60. The Bertz CT molecular complexity index is 830. The largest absolute Gasteiger partial charge is 0.493 e. The van der Waals surface area contributed by atoms with Crippen LogP contribution < -0.4 is 19.5 Å². The maximum atomic E-state index is 13.2. The molecule has 2 aromatic carbocycles. The van der Waals surface area contributed by atoms with Crippen molar-refractivity contribution in [1.29, 1.82) is 5.26 Å². The highest BCUT2D eigenvalue weighted by atomic mass is 19.4. The molecule has 0 radical (unpaired) electrons. The zero-order valence-electron chi connectivity index (χ0n) is 14.4. The summed E-state index contributed by atoms with van der Waals surface area (Å²) in [7, 11) is 4.34. The van der Waals surface area contributed by atoms with Gasteiger partial charge >= 0.3 is 6.18 Å². The Hall–Kier alpha value is -3.08. The van der Waals surface area contributed by atoms with E-state index in [0.29, 0.717) is 22.8 Å². The lowest BCUT2D eigenvalue weighted by atomic mass is 10.1. The minimum Gasteiger partial charge on any atom is -0.493 e. The van der Waals surface area contributed by atoms with Crippen LogP contribution in [0.3, 0.4) is 0 Å². The molecule has 0 aliphatic carbocycles. The first kappa shape index (κ1) is 19.2. The molecule has 1 N–H and O–H groups in total. The molecule has 2 aromatic rings. The Morgan fingerprint density at radius 3 is 2.23 bits per heavy atom. The molecule has 8 heteroatoms. The molecule has 0 bridgehead atoms. The fraction of sp³-hybridized carbons (Fsp3) is 0.278. The van der Waals surface area contributed by atoms with Crippen LogP contribution in [0, 0.1) is 11.3 Å². The van der Waals surface area contributed by atoms with Crippen molar-refractivity contribution in [3.8, 4) is 23.3 Å².